The van der Waals surface area contributed by atoms with E-state index in [1.807, 2.05) is 54.6 Å². The Balaban J connectivity index is 1.53. The number of carbonyl (C=O) groups excluding carboxylic acids is 1. The summed E-state index contributed by atoms with van der Waals surface area (Å²) < 4.78 is 25.1. The second-order valence-electron chi connectivity index (χ2n) is 10.6. The fourth-order valence-electron chi connectivity index (χ4n) is 5.07. The van der Waals surface area contributed by atoms with Gasteiger partial charge in [0.1, 0.15) is 12.7 Å². The highest BCUT2D eigenvalue weighted by Gasteiger charge is 2.43. The van der Waals surface area contributed by atoms with Crippen LogP contribution in [0.25, 0.3) is 0 Å². The summed E-state index contributed by atoms with van der Waals surface area (Å²) in [4.78, 5) is 15.8. The van der Waals surface area contributed by atoms with Gasteiger partial charge in [0, 0.05) is 27.2 Å². The van der Waals surface area contributed by atoms with Gasteiger partial charge in [0.2, 0.25) is 0 Å². The van der Waals surface area contributed by atoms with Gasteiger partial charge in [-0.05, 0) is 22.6 Å². The SMILES string of the molecule is C[C@H]1CN(CCOC(=O)N(C)C)[C@H](COCc2ccccc2)[C@@H](OCc2ccccc2)[C@@H]1OCc1ccccc1. The van der Waals surface area contributed by atoms with E-state index in [9.17, 15) is 4.79 Å². The van der Waals surface area contributed by atoms with E-state index in [0.717, 1.165) is 23.2 Å². The van der Waals surface area contributed by atoms with Gasteiger partial charge in [0.05, 0.1) is 38.6 Å². The van der Waals surface area contributed by atoms with Crippen LogP contribution in [0.3, 0.4) is 0 Å². The van der Waals surface area contributed by atoms with Gasteiger partial charge in [0.25, 0.3) is 0 Å². The van der Waals surface area contributed by atoms with E-state index in [4.69, 9.17) is 18.9 Å². The molecule has 1 amide bonds. The van der Waals surface area contributed by atoms with Crippen molar-refractivity contribution in [3.05, 3.63) is 108 Å². The van der Waals surface area contributed by atoms with Gasteiger partial charge < -0.3 is 23.8 Å². The lowest BCUT2D eigenvalue weighted by Gasteiger charge is -2.48. The number of amides is 1. The summed E-state index contributed by atoms with van der Waals surface area (Å²) >= 11 is 0. The minimum absolute atomic E-state index is 0.0811. The predicted octanol–water partition coefficient (Wildman–Crippen LogP) is 5.39. The van der Waals surface area contributed by atoms with Crippen molar-refractivity contribution in [3.63, 3.8) is 0 Å². The third kappa shape index (κ3) is 8.89. The monoisotopic (exact) mass is 546 g/mol. The Bertz CT molecular complexity index is 1130. The largest absolute Gasteiger partial charge is 0.448 e. The fourth-order valence-corrected chi connectivity index (χ4v) is 5.07. The van der Waals surface area contributed by atoms with E-state index in [0.29, 0.717) is 39.6 Å². The van der Waals surface area contributed by atoms with E-state index < -0.39 is 0 Å². The van der Waals surface area contributed by atoms with E-state index in [2.05, 4.69) is 48.2 Å². The molecule has 0 aromatic heterocycles. The van der Waals surface area contributed by atoms with E-state index in [1.165, 1.54) is 4.90 Å². The second kappa shape index (κ2) is 15.5. The minimum atomic E-state index is -0.345. The van der Waals surface area contributed by atoms with Crippen molar-refractivity contribution < 1.29 is 23.7 Å². The molecule has 3 aromatic carbocycles. The van der Waals surface area contributed by atoms with Gasteiger partial charge in [-0.15, -0.1) is 0 Å². The normalized spacial score (nSPS) is 21.2. The molecule has 4 atom stereocenters. The highest BCUT2D eigenvalue weighted by Crippen LogP contribution is 2.30. The average molecular weight is 547 g/mol. The number of nitrogens with zero attached hydrogens (tertiary/aromatic N) is 2. The van der Waals surface area contributed by atoms with Crippen molar-refractivity contribution in [3.8, 4) is 0 Å². The molecule has 3 aromatic rings. The molecule has 214 valence electrons. The zero-order valence-corrected chi connectivity index (χ0v) is 23.9. The summed E-state index contributed by atoms with van der Waals surface area (Å²) in [5.74, 6) is 0.194. The Morgan fingerprint density at radius 3 is 1.80 bits per heavy atom. The number of carbonyl (C=O) groups is 1. The van der Waals surface area contributed by atoms with Crippen LogP contribution < -0.4 is 0 Å². The van der Waals surface area contributed by atoms with Crippen LogP contribution in [0, 0.1) is 5.92 Å². The van der Waals surface area contributed by atoms with Gasteiger partial charge >= 0.3 is 6.09 Å². The maximum absolute atomic E-state index is 12.1. The van der Waals surface area contributed by atoms with Gasteiger partial charge in [-0.1, -0.05) is 97.9 Å². The summed E-state index contributed by atoms with van der Waals surface area (Å²) in [5, 5.41) is 0. The van der Waals surface area contributed by atoms with E-state index >= 15 is 0 Å². The Kier molecular flexibility index (Phi) is 11.5. The average Bonchev–Trinajstić information content (AvgIpc) is 2.98. The molecule has 1 aliphatic rings. The smallest absolute Gasteiger partial charge is 0.409 e. The van der Waals surface area contributed by atoms with Crippen molar-refractivity contribution in [2.24, 2.45) is 5.92 Å². The summed E-state index contributed by atoms with van der Waals surface area (Å²) in [6.45, 7) is 5.82. The number of likely N-dealkylation sites (tertiary alicyclic amines) is 1. The van der Waals surface area contributed by atoms with Crippen LogP contribution in [-0.4, -0.2) is 74.5 Å². The molecule has 40 heavy (non-hydrogen) atoms. The number of benzene rings is 3. The minimum Gasteiger partial charge on any atom is -0.448 e. The summed E-state index contributed by atoms with van der Waals surface area (Å²) in [7, 11) is 3.38. The standard InChI is InChI=1S/C33H42N2O5/c1-26-21-35(19-20-38-33(36)34(2)3)30(25-37-22-27-13-7-4-8-14-27)32(40-24-29-17-11-6-12-18-29)31(26)39-23-28-15-9-5-10-16-28/h4-18,26,30-32H,19-25H2,1-3H3/t26-,30+,31+,32+/m0/s1. The molecule has 0 radical (unpaired) electrons. The van der Waals surface area contributed by atoms with Crippen LogP contribution in [0.5, 0.6) is 0 Å². The van der Waals surface area contributed by atoms with E-state index in [-0.39, 0.29) is 30.3 Å². The molecule has 1 heterocycles. The lowest BCUT2D eigenvalue weighted by Crippen LogP contribution is -2.62. The number of rotatable bonds is 13. The molecule has 0 aliphatic carbocycles. The molecule has 7 heteroatoms. The fraction of sp³-hybridized carbons (Fsp3) is 0.424. The Hall–Kier alpha value is -3.23. The van der Waals surface area contributed by atoms with Crippen molar-refractivity contribution in [1.29, 1.82) is 0 Å². The molecule has 0 N–H and O–H groups in total. The van der Waals surface area contributed by atoms with Gasteiger partial charge in [0.15, 0.2) is 0 Å². The first kappa shape index (κ1) is 29.7. The first-order valence-corrected chi connectivity index (χ1v) is 14.0. The maximum atomic E-state index is 12.1. The molecule has 1 aliphatic heterocycles. The molecular weight excluding hydrogens is 504 g/mol. The van der Waals surface area contributed by atoms with Crippen LogP contribution >= 0.6 is 0 Å². The predicted molar refractivity (Wildman–Crippen MR) is 156 cm³/mol. The molecule has 4 rings (SSSR count). The van der Waals surface area contributed by atoms with Crippen molar-refractivity contribution >= 4 is 6.09 Å². The Morgan fingerprint density at radius 1 is 0.775 bits per heavy atom. The summed E-state index contributed by atoms with van der Waals surface area (Å²) in [6.07, 6.45) is -0.717. The van der Waals surface area contributed by atoms with Crippen LogP contribution in [0.4, 0.5) is 4.79 Å². The quantitative estimate of drug-likeness (QED) is 0.286. The van der Waals surface area contributed by atoms with Crippen LogP contribution in [0.15, 0.2) is 91.0 Å². The highest BCUT2D eigenvalue weighted by molar-refractivity contribution is 5.66. The van der Waals surface area contributed by atoms with Crippen LogP contribution in [0.2, 0.25) is 0 Å². The van der Waals surface area contributed by atoms with Gasteiger partial charge in [-0.3, -0.25) is 4.90 Å². The molecule has 0 unspecified atom stereocenters. The first-order chi connectivity index (χ1) is 19.5. The molecule has 1 saturated heterocycles. The first-order valence-electron chi connectivity index (χ1n) is 14.0. The molecule has 0 saturated carbocycles. The molecule has 0 spiro atoms. The van der Waals surface area contributed by atoms with Crippen molar-refractivity contribution in [2.45, 2.75) is 45.0 Å². The van der Waals surface area contributed by atoms with E-state index in [1.54, 1.807) is 14.1 Å². The van der Waals surface area contributed by atoms with Crippen molar-refractivity contribution in [1.82, 2.24) is 9.80 Å². The third-order valence-electron chi connectivity index (χ3n) is 7.20. The zero-order valence-electron chi connectivity index (χ0n) is 23.9. The molecule has 1 fully saturated rings. The lowest BCUT2D eigenvalue weighted by molar-refractivity contribution is -0.177. The molecule has 0 bridgehead atoms. The van der Waals surface area contributed by atoms with Gasteiger partial charge in [-0.25, -0.2) is 4.79 Å². The Morgan fingerprint density at radius 2 is 1.27 bits per heavy atom. The number of hydrogen-bond acceptors (Lipinski definition) is 6. The number of ether oxygens (including phenoxy) is 4. The number of piperidine rings is 1. The van der Waals surface area contributed by atoms with Gasteiger partial charge in [-0.2, -0.15) is 0 Å². The van der Waals surface area contributed by atoms with Crippen molar-refractivity contribution in [2.75, 3.05) is 40.4 Å². The maximum Gasteiger partial charge on any atom is 0.409 e. The Labute approximate surface area is 238 Å². The number of hydrogen-bond donors (Lipinski definition) is 0. The summed E-state index contributed by atoms with van der Waals surface area (Å²) in [5.41, 5.74) is 3.36. The van der Waals surface area contributed by atoms with Crippen LogP contribution in [0.1, 0.15) is 23.6 Å². The van der Waals surface area contributed by atoms with Crippen LogP contribution in [-0.2, 0) is 38.8 Å². The molecular formula is C33H42N2O5. The zero-order chi connectivity index (χ0) is 28.2. The lowest BCUT2D eigenvalue weighted by atomic mass is 9.88. The molecule has 7 nitrogen and oxygen atoms in total. The topological polar surface area (TPSA) is 60.5 Å². The second-order valence-corrected chi connectivity index (χ2v) is 10.6. The summed E-state index contributed by atoms with van der Waals surface area (Å²) in [6, 6.07) is 30.5. The highest BCUT2D eigenvalue weighted by atomic mass is 16.6. The third-order valence-corrected chi connectivity index (χ3v) is 7.20.